The highest BCUT2D eigenvalue weighted by molar-refractivity contribution is 7.80. The van der Waals surface area contributed by atoms with Gasteiger partial charge in [-0.25, -0.2) is 4.98 Å². The Kier molecular flexibility index (Phi) is 4.66. The summed E-state index contributed by atoms with van der Waals surface area (Å²) in [7, 11) is 0. The van der Waals surface area contributed by atoms with Crippen molar-refractivity contribution >= 4 is 33.8 Å². The first-order valence-electron chi connectivity index (χ1n) is 5.75. The first kappa shape index (κ1) is 13.0. The normalized spacial score (nSPS) is 11.8. The maximum atomic E-state index is 5.24. The van der Waals surface area contributed by atoms with E-state index < -0.39 is 0 Å². The van der Waals surface area contributed by atoms with Gasteiger partial charge >= 0.3 is 0 Å². The molecule has 3 nitrogen and oxygen atoms in total. The minimum Gasteiger partial charge on any atom is -0.360 e. The van der Waals surface area contributed by atoms with E-state index in [1.165, 1.54) is 16.9 Å². The van der Waals surface area contributed by atoms with E-state index in [2.05, 4.69) is 34.7 Å². The Morgan fingerprint density at radius 2 is 2.17 bits per heavy atom. The minimum absolute atomic E-state index is 0.285. The van der Waals surface area contributed by atoms with Crippen molar-refractivity contribution in [2.45, 2.75) is 19.4 Å². The number of hydrogen-bond acceptors (Lipinski definition) is 3. The molecular weight excluding hydrogens is 262 g/mol. The third kappa shape index (κ3) is 4.09. The van der Waals surface area contributed by atoms with Crippen molar-refractivity contribution in [3.8, 4) is 0 Å². The number of anilines is 1. The molecular formula is C13H15N3S2. The van der Waals surface area contributed by atoms with E-state index in [1.54, 1.807) is 6.20 Å². The van der Waals surface area contributed by atoms with Crippen molar-refractivity contribution in [2.24, 2.45) is 0 Å². The molecule has 0 bridgehead atoms. The fourth-order valence-corrected chi connectivity index (χ4v) is 2.56. The summed E-state index contributed by atoms with van der Waals surface area (Å²) in [6, 6.07) is 10.6. The van der Waals surface area contributed by atoms with Crippen LogP contribution in [0.15, 0.2) is 41.9 Å². The smallest absolute Gasteiger partial charge is 0.188 e. The van der Waals surface area contributed by atoms with Gasteiger partial charge in [-0.2, -0.15) is 0 Å². The quantitative estimate of drug-likeness (QED) is 0.842. The third-order valence-corrected chi connectivity index (χ3v) is 3.32. The van der Waals surface area contributed by atoms with Crippen molar-refractivity contribution in [3.63, 3.8) is 0 Å². The maximum absolute atomic E-state index is 5.24. The average molecular weight is 277 g/mol. The van der Waals surface area contributed by atoms with Crippen LogP contribution in [0.25, 0.3) is 0 Å². The highest BCUT2D eigenvalue weighted by Crippen LogP contribution is 2.10. The Morgan fingerprint density at radius 1 is 1.39 bits per heavy atom. The van der Waals surface area contributed by atoms with Gasteiger partial charge in [0.25, 0.3) is 0 Å². The molecule has 2 rings (SSSR count). The first-order chi connectivity index (χ1) is 8.74. The summed E-state index contributed by atoms with van der Waals surface area (Å²) in [5.74, 6) is 0. The van der Waals surface area contributed by atoms with Crippen LogP contribution in [0.4, 0.5) is 5.13 Å². The summed E-state index contributed by atoms with van der Waals surface area (Å²) in [5, 5.41) is 9.67. The Labute approximate surface area is 116 Å². The second kappa shape index (κ2) is 6.47. The first-order valence-corrected chi connectivity index (χ1v) is 7.04. The van der Waals surface area contributed by atoms with Crippen LogP contribution in [-0.4, -0.2) is 16.1 Å². The number of nitrogens with zero attached hydrogens (tertiary/aromatic N) is 1. The molecule has 1 heterocycles. The van der Waals surface area contributed by atoms with Gasteiger partial charge in [-0.3, -0.25) is 0 Å². The van der Waals surface area contributed by atoms with E-state index in [-0.39, 0.29) is 6.04 Å². The molecule has 0 fully saturated rings. The predicted octanol–water partition coefficient (Wildman–Crippen LogP) is 3.06. The summed E-state index contributed by atoms with van der Waals surface area (Å²) < 4.78 is 0. The molecule has 0 spiro atoms. The van der Waals surface area contributed by atoms with Crippen LogP contribution in [0, 0.1) is 0 Å². The molecule has 0 saturated carbocycles. The van der Waals surface area contributed by atoms with Gasteiger partial charge in [-0.15, -0.1) is 11.3 Å². The molecule has 1 aromatic carbocycles. The fourth-order valence-electron chi connectivity index (χ4n) is 1.66. The molecule has 0 amide bonds. The molecule has 0 aliphatic heterocycles. The van der Waals surface area contributed by atoms with E-state index in [4.69, 9.17) is 12.2 Å². The van der Waals surface area contributed by atoms with Gasteiger partial charge in [-0.05, 0) is 31.1 Å². The third-order valence-electron chi connectivity index (χ3n) is 2.41. The van der Waals surface area contributed by atoms with Gasteiger partial charge in [0.15, 0.2) is 10.2 Å². The molecule has 18 heavy (non-hydrogen) atoms. The lowest BCUT2D eigenvalue weighted by molar-refractivity contribution is 0.664. The molecule has 2 N–H and O–H groups in total. The van der Waals surface area contributed by atoms with E-state index in [1.807, 2.05) is 23.6 Å². The van der Waals surface area contributed by atoms with Crippen LogP contribution < -0.4 is 10.6 Å². The topological polar surface area (TPSA) is 37.0 Å². The molecule has 0 saturated heterocycles. The second-order valence-corrected chi connectivity index (χ2v) is 5.33. The fraction of sp³-hybridized carbons (Fsp3) is 0.231. The highest BCUT2D eigenvalue weighted by atomic mass is 32.1. The minimum atomic E-state index is 0.285. The summed E-state index contributed by atoms with van der Waals surface area (Å²) >= 11 is 6.77. The maximum Gasteiger partial charge on any atom is 0.188 e. The van der Waals surface area contributed by atoms with Crippen LogP contribution in [0.2, 0.25) is 0 Å². The number of aromatic nitrogens is 1. The molecule has 0 aliphatic rings. The van der Waals surface area contributed by atoms with Crippen LogP contribution in [0.1, 0.15) is 12.5 Å². The van der Waals surface area contributed by atoms with Crippen LogP contribution in [0.5, 0.6) is 0 Å². The molecule has 94 valence electrons. The number of rotatable bonds is 4. The van der Waals surface area contributed by atoms with Gasteiger partial charge in [-0.1, -0.05) is 30.3 Å². The molecule has 0 aliphatic carbocycles. The van der Waals surface area contributed by atoms with E-state index >= 15 is 0 Å². The summed E-state index contributed by atoms with van der Waals surface area (Å²) in [4.78, 5) is 4.13. The number of hydrogen-bond donors (Lipinski definition) is 2. The lowest BCUT2D eigenvalue weighted by Gasteiger charge is -2.16. The zero-order valence-corrected chi connectivity index (χ0v) is 11.7. The van der Waals surface area contributed by atoms with E-state index in [0.717, 1.165) is 11.6 Å². The van der Waals surface area contributed by atoms with Crippen LogP contribution in [0.3, 0.4) is 0 Å². The second-order valence-electron chi connectivity index (χ2n) is 4.03. The molecule has 5 heteroatoms. The van der Waals surface area contributed by atoms with Gasteiger partial charge in [0.1, 0.15) is 0 Å². The number of thiocarbonyl (C=S) groups is 1. The van der Waals surface area contributed by atoms with Crippen molar-refractivity contribution in [1.29, 1.82) is 0 Å². The van der Waals surface area contributed by atoms with Crippen molar-refractivity contribution in [1.82, 2.24) is 10.3 Å². The Bertz CT molecular complexity index is 482. The highest BCUT2D eigenvalue weighted by Gasteiger charge is 2.06. The standard InChI is InChI=1S/C13H15N3S2/c1-10(9-11-5-3-2-4-6-11)15-12(17)16-13-14-7-8-18-13/h2-8,10H,9H2,1H3,(H2,14,15,16,17)/t10-/m1/s1. The number of benzene rings is 1. The molecule has 1 aromatic heterocycles. The average Bonchev–Trinajstić information content (AvgIpc) is 2.82. The molecule has 2 aromatic rings. The number of thiazole rings is 1. The molecule has 1 atom stereocenters. The zero-order chi connectivity index (χ0) is 12.8. The Balaban J connectivity index is 1.80. The monoisotopic (exact) mass is 277 g/mol. The number of nitrogens with one attached hydrogen (secondary N) is 2. The summed E-state index contributed by atoms with van der Waals surface area (Å²) in [6.07, 6.45) is 2.70. The van der Waals surface area contributed by atoms with Crippen molar-refractivity contribution in [3.05, 3.63) is 47.5 Å². The van der Waals surface area contributed by atoms with E-state index in [9.17, 15) is 0 Å². The van der Waals surface area contributed by atoms with Gasteiger partial charge in [0, 0.05) is 17.6 Å². The summed E-state index contributed by atoms with van der Waals surface area (Å²) in [6.45, 7) is 2.11. The zero-order valence-electron chi connectivity index (χ0n) is 10.1. The molecule has 0 radical (unpaired) electrons. The van der Waals surface area contributed by atoms with Crippen molar-refractivity contribution < 1.29 is 0 Å². The van der Waals surface area contributed by atoms with Crippen LogP contribution in [-0.2, 0) is 6.42 Å². The van der Waals surface area contributed by atoms with Gasteiger partial charge in [0.2, 0.25) is 0 Å². The summed E-state index contributed by atoms with van der Waals surface area (Å²) in [5.41, 5.74) is 1.30. The Morgan fingerprint density at radius 3 is 2.83 bits per heavy atom. The van der Waals surface area contributed by atoms with Gasteiger partial charge < -0.3 is 10.6 Å². The predicted molar refractivity (Wildman–Crippen MR) is 81.1 cm³/mol. The Hall–Kier alpha value is -1.46. The molecule has 0 unspecified atom stereocenters. The van der Waals surface area contributed by atoms with Gasteiger partial charge in [0.05, 0.1) is 0 Å². The van der Waals surface area contributed by atoms with Crippen molar-refractivity contribution in [2.75, 3.05) is 5.32 Å². The lowest BCUT2D eigenvalue weighted by Crippen LogP contribution is -2.37. The lowest BCUT2D eigenvalue weighted by atomic mass is 10.1. The van der Waals surface area contributed by atoms with Crippen LogP contribution >= 0.6 is 23.6 Å². The van der Waals surface area contributed by atoms with E-state index in [0.29, 0.717) is 5.11 Å². The largest absolute Gasteiger partial charge is 0.360 e. The SMILES string of the molecule is C[C@H](Cc1ccccc1)NC(=S)Nc1nccs1.